The number of hydrogen-bond acceptors (Lipinski definition) is 4. The molecule has 2 aromatic rings. The minimum atomic E-state index is -1.23. The maximum absolute atomic E-state index is 12.9. The Morgan fingerprint density at radius 2 is 1.96 bits per heavy atom. The summed E-state index contributed by atoms with van der Waals surface area (Å²) in [4.78, 5) is 38.5. The number of benzene rings is 2. The second kappa shape index (κ2) is 8.02. The predicted octanol–water partition coefficient (Wildman–Crippen LogP) is 2.54. The van der Waals surface area contributed by atoms with Crippen LogP contribution in [0.2, 0.25) is 0 Å². The number of methoxy groups -OCH3 is 1. The van der Waals surface area contributed by atoms with Gasteiger partial charge in [0.25, 0.3) is 5.91 Å². The van der Waals surface area contributed by atoms with Crippen LogP contribution in [0, 0.1) is 0 Å². The minimum absolute atomic E-state index is 0.265. The number of carbonyl (C=O) groups is 3. The van der Waals surface area contributed by atoms with E-state index in [2.05, 4.69) is 26.6 Å². The number of ether oxygens (including phenoxy) is 1. The second-order valence-corrected chi connectivity index (χ2v) is 7.41. The molecule has 1 heterocycles. The third-order valence-electron chi connectivity index (χ3n) is 4.61. The molecule has 2 N–H and O–H groups in total. The molecular weight excluding hydrogens is 426 g/mol. The summed E-state index contributed by atoms with van der Waals surface area (Å²) in [6.07, 6.45) is 0. The normalized spacial score (nSPS) is 18.8. The highest BCUT2D eigenvalue weighted by Gasteiger charge is 2.50. The fourth-order valence-electron chi connectivity index (χ4n) is 3.07. The van der Waals surface area contributed by atoms with Crippen molar-refractivity contribution in [3.8, 4) is 5.75 Å². The monoisotopic (exact) mass is 445 g/mol. The lowest BCUT2D eigenvalue weighted by Gasteiger charge is -2.23. The molecule has 3 rings (SSSR count). The maximum atomic E-state index is 12.9. The van der Waals surface area contributed by atoms with Crippen molar-refractivity contribution in [1.29, 1.82) is 0 Å². The van der Waals surface area contributed by atoms with Crippen LogP contribution < -0.4 is 15.4 Å². The molecule has 1 atom stereocenters. The lowest BCUT2D eigenvalue weighted by Crippen LogP contribution is -2.43. The van der Waals surface area contributed by atoms with Gasteiger partial charge in [-0.25, -0.2) is 4.79 Å². The average Bonchev–Trinajstić information content (AvgIpc) is 2.90. The topological polar surface area (TPSA) is 87.7 Å². The highest BCUT2D eigenvalue weighted by Crippen LogP contribution is 2.33. The van der Waals surface area contributed by atoms with Gasteiger partial charge in [0.1, 0.15) is 17.8 Å². The van der Waals surface area contributed by atoms with Crippen molar-refractivity contribution < 1.29 is 19.1 Å². The Morgan fingerprint density at radius 3 is 2.68 bits per heavy atom. The molecule has 0 radical (unpaired) electrons. The van der Waals surface area contributed by atoms with Crippen LogP contribution in [-0.2, 0) is 21.7 Å². The first kappa shape index (κ1) is 19.9. The lowest BCUT2D eigenvalue weighted by molar-refractivity contribution is -0.134. The van der Waals surface area contributed by atoms with Crippen molar-refractivity contribution in [3.05, 3.63) is 64.1 Å². The molecular formula is C20H20BrN3O4. The summed E-state index contributed by atoms with van der Waals surface area (Å²) in [5.41, 5.74) is 0.250. The number of amides is 4. The summed E-state index contributed by atoms with van der Waals surface area (Å²) >= 11 is 3.41. The van der Waals surface area contributed by atoms with Gasteiger partial charge in [-0.3, -0.25) is 14.5 Å². The van der Waals surface area contributed by atoms with E-state index >= 15 is 0 Å². The number of nitrogens with zero attached hydrogens (tertiary/aromatic N) is 1. The van der Waals surface area contributed by atoms with Gasteiger partial charge in [0.15, 0.2) is 0 Å². The van der Waals surface area contributed by atoms with E-state index in [-0.39, 0.29) is 13.1 Å². The zero-order chi connectivity index (χ0) is 20.3. The van der Waals surface area contributed by atoms with E-state index in [0.717, 1.165) is 10.5 Å². The molecule has 8 heteroatoms. The minimum Gasteiger partial charge on any atom is -0.497 e. The van der Waals surface area contributed by atoms with Crippen molar-refractivity contribution in [2.75, 3.05) is 13.7 Å². The number of halogens is 1. The number of rotatable bonds is 6. The maximum Gasteiger partial charge on any atom is 0.325 e. The number of urea groups is 1. The van der Waals surface area contributed by atoms with Gasteiger partial charge in [-0.15, -0.1) is 0 Å². The summed E-state index contributed by atoms with van der Waals surface area (Å²) in [6.45, 7) is 1.54. The van der Waals surface area contributed by atoms with E-state index < -0.39 is 23.4 Å². The predicted molar refractivity (Wildman–Crippen MR) is 107 cm³/mol. The Bertz CT molecular complexity index is 933. The first-order valence-electron chi connectivity index (χ1n) is 8.64. The molecule has 7 nitrogen and oxygen atoms in total. The third-order valence-corrected chi connectivity index (χ3v) is 5.30. The highest BCUT2D eigenvalue weighted by atomic mass is 79.9. The van der Waals surface area contributed by atoms with Crippen LogP contribution in [0.25, 0.3) is 0 Å². The molecule has 1 saturated heterocycles. The summed E-state index contributed by atoms with van der Waals surface area (Å²) in [5, 5.41) is 5.41. The van der Waals surface area contributed by atoms with Gasteiger partial charge >= 0.3 is 6.03 Å². The van der Waals surface area contributed by atoms with Crippen LogP contribution in [0.5, 0.6) is 5.75 Å². The Morgan fingerprint density at radius 1 is 1.21 bits per heavy atom. The van der Waals surface area contributed by atoms with Gasteiger partial charge in [-0.1, -0.05) is 46.3 Å². The molecule has 0 bridgehead atoms. The standard InChI is InChI=1S/C20H20BrN3O4/c1-20(15-8-3-4-9-16(15)21)18(26)24(19(27)23-20)12-17(25)22-11-13-6-5-7-14(10-13)28-2/h3-10H,11-12H2,1-2H3,(H,22,25)(H,23,27)/t20-/m0/s1. The van der Waals surface area contributed by atoms with Crippen LogP contribution in [0.15, 0.2) is 53.0 Å². The van der Waals surface area contributed by atoms with E-state index in [1.165, 1.54) is 0 Å². The van der Waals surface area contributed by atoms with Crippen molar-refractivity contribution in [1.82, 2.24) is 15.5 Å². The average molecular weight is 446 g/mol. The molecule has 0 unspecified atom stereocenters. The third kappa shape index (κ3) is 3.87. The highest BCUT2D eigenvalue weighted by molar-refractivity contribution is 9.10. The van der Waals surface area contributed by atoms with Gasteiger partial charge in [0.05, 0.1) is 7.11 Å². The van der Waals surface area contributed by atoms with E-state index in [9.17, 15) is 14.4 Å². The smallest absolute Gasteiger partial charge is 0.325 e. The summed E-state index contributed by atoms with van der Waals surface area (Å²) in [6, 6.07) is 13.8. The Labute approximate surface area is 171 Å². The fourth-order valence-corrected chi connectivity index (χ4v) is 3.75. The Hall–Kier alpha value is -2.87. The van der Waals surface area contributed by atoms with Crippen LogP contribution in [0.4, 0.5) is 4.79 Å². The molecule has 0 saturated carbocycles. The molecule has 4 amide bonds. The lowest BCUT2D eigenvalue weighted by atomic mass is 9.92. The first-order chi connectivity index (χ1) is 13.3. The molecule has 0 aromatic heterocycles. The van der Waals surface area contributed by atoms with Crippen molar-refractivity contribution >= 4 is 33.8 Å². The molecule has 28 heavy (non-hydrogen) atoms. The molecule has 2 aromatic carbocycles. The van der Waals surface area contributed by atoms with Gasteiger partial charge in [0.2, 0.25) is 5.91 Å². The molecule has 1 aliphatic heterocycles. The van der Waals surface area contributed by atoms with E-state index in [1.807, 2.05) is 18.2 Å². The molecule has 1 aliphatic rings. The number of hydrogen-bond donors (Lipinski definition) is 2. The van der Waals surface area contributed by atoms with E-state index in [1.54, 1.807) is 44.4 Å². The SMILES string of the molecule is COc1cccc(CNC(=O)CN2C(=O)N[C@@](C)(c3ccccc3Br)C2=O)c1. The number of imide groups is 1. The van der Waals surface area contributed by atoms with Crippen LogP contribution in [-0.4, -0.2) is 36.4 Å². The Kier molecular flexibility index (Phi) is 5.69. The van der Waals surface area contributed by atoms with E-state index in [4.69, 9.17) is 4.74 Å². The molecule has 0 spiro atoms. The first-order valence-corrected chi connectivity index (χ1v) is 9.43. The Balaban J connectivity index is 1.67. The van der Waals surface area contributed by atoms with Crippen LogP contribution in [0.1, 0.15) is 18.1 Å². The van der Waals surface area contributed by atoms with Gasteiger partial charge in [0, 0.05) is 16.6 Å². The van der Waals surface area contributed by atoms with Crippen molar-refractivity contribution in [2.24, 2.45) is 0 Å². The molecule has 146 valence electrons. The summed E-state index contributed by atoms with van der Waals surface area (Å²) < 4.78 is 5.85. The van der Waals surface area contributed by atoms with Crippen LogP contribution >= 0.6 is 15.9 Å². The van der Waals surface area contributed by atoms with Gasteiger partial charge in [-0.05, 0) is 30.7 Å². The quantitative estimate of drug-likeness (QED) is 0.668. The van der Waals surface area contributed by atoms with Gasteiger partial charge < -0.3 is 15.4 Å². The van der Waals surface area contributed by atoms with Crippen molar-refractivity contribution in [3.63, 3.8) is 0 Å². The summed E-state index contributed by atoms with van der Waals surface area (Å²) in [7, 11) is 1.57. The van der Waals surface area contributed by atoms with Gasteiger partial charge in [-0.2, -0.15) is 0 Å². The number of nitrogens with one attached hydrogen (secondary N) is 2. The molecule has 1 fully saturated rings. The van der Waals surface area contributed by atoms with Crippen molar-refractivity contribution in [2.45, 2.75) is 19.0 Å². The van der Waals surface area contributed by atoms with Crippen LogP contribution in [0.3, 0.4) is 0 Å². The zero-order valence-corrected chi connectivity index (χ0v) is 17.1. The summed E-state index contributed by atoms with van der Waals surface area (Å²) in [5.74, 6) is -0.214. The fraction of sp³-hybridized carbons (Fsp3) is 0.250. The zero-order valence-electron chi connectivity index (χ0n) is 15.5. The largest absolute Gasteiger partial charge is 0.497 e. The van der Waals surface area contributed by atoms with E-state index in [0.29, 0.717) is 15.8 Å². The second-order valence-electron chi connectivity index (χ2n) is 6.55. The molecule has 0 aliphatic carbocycles. The number of carbonyl (C=O) groups excluding carboxylic acids is 3.